The lowest BCUT2D eigenvalue weighted by molar-refractivity contribution is -0.301. The Morgan fingerprint density at radius 3 is 1.28 bits per heavy atom. The lowest BCUT2D eigenvalue weighted by Gasteiger charge is -2.41. The standard InChI is InChI=1S/C61H94O12S/c1-3-5-7-9-11-13-15-17-19-21-23-25-27-29-31-33-35-37-39-41-43-45-47-49-51-69-53-55(54-70-61-59(65)60(73-74(66,67)68)58(64)56(52-62)72-61)71-57(63)50-48-46-44-42-40-38-36-34-32-30-28-26-24-22-20-18-16-14-12-10-8-6-4-2/h5-8,11-14,17-20,23-26,29-32,35-38,41,43,55-56,58-62,64-65H,3-4,9-10,15-16,21-22,27-28,33-34,39-40,42,44-54H2,1-2H3,(H,66,67,68)/b7-5-,8-6-,13-11-,14-12-,19-17-,20-18-,25-23-,26-24-,31-29-,32-30-,37-35-,38-36-,43-41-. The number of hydrogen-bond acceptors (Lipinski definition) is 11. The molecule has 0 bridgehead atoms. The molecule has 416 valence electrons. The van der Waals surface area contributed by atoms with E-state index in [9.17, 15) is 33.1 Å². The molecule has 0 amide bonds. The third-order valence-electron chi connectivity index (χ3n) is 11.1. The van der Waals surface area contributed by atoms with Crippen molar-refractivity contribution < 1.29 is 56.2 Å². The summed E-state index contributed by atoms with van der Waals surface area (Å²) >= 11 is 0. The monoisotopic (exact) mass is 1050 g/mol. The molecule has 0 aliphatic carbocycles. The van der Waals surface area contributed by atoms with E-state index in [2.05, 4.69) is 176 Å². The molecule has 6 atom stereocenters. The summed E-state index contributed by atoms with van der Waals surface area (Å²) in [5.41, 5.74) is 0. The summed E-state index contributed by atoms with van der Waals surface area (Å²) in [7, 11) is -5.09. The van der Waals surface area contributed by atoms with Gasteiger partial charge in [-0.25, -0.2) is 4.18 Å². The van der Waals surface area contributed by atoms with Crippen molar-refractivity contribution >= 4 is 16.4 Å². The van der Waals surface area contributed by atoms with Crippen molar-refractivity contribution in [3.8, 4) is 0 Å². The summed E-state index contributed by atoms with van der Waals surface area (Å²) in [6.45, 7) is 3.59. The number of carbonyl (C=O) groups excluding carboxylic acids is 1. The average molecular weight is 1050 g/mol. The van der Waals surface area contributed by atoms with Crippen LogP contribution in [0.25, 0.3) is 0 Å². The van der Waals surface area contributed by atoms with Gasteiger partial charge in [0.1, 0.15) is 30.5 Å². The van der Waals surface area contributed by atoms with Crippen LogP contribution < -0.4 is 0 Å². The highest BCUT2D eigenvalue weighted by atomic mass is 32.3. The predicted octanol–water partition coefficient (Wildman–Crippen LogP) is 13.4. The van der Waals surface area contributed by atoms with Crippen LogP contribution in [0.3, 0.4) is 0 Å². The van der Waals surface area contributed by atoms with Crippen molar-refractivity contribution in [3.05, 3.63) is 158 Å². The summed E-state index contributed by atoms with van der Waals surface area (Å²) in [5.74, 6) is -0.447. The van der Waals surface area contributed by atoms with Crippen molar-refractivity contribution in [1.29, 1.82) is 0 Å². The Labute approximate surface area is 447 Å². The maximum Gasteiger partial charge on any atom is 0.397 e. The Kier molecular flexibility index (Phi) is 45.4. The van der Waals surface area contributed by atoms with Crippen molar-refractivity contribution in [2.24, 2.45) is 0 Å². The molecule has 4 N–H and O–H groups in total. The first kappa shape index (κ1) is 67.7. The van der Waals surface area contributed by atoms with Gasteiger partial charge in [-0.1, -0.05) is 185 Å². The number of esters is 1. The summed E-state index contributed by atoms with van der Waals surface area (Å²) in [6, 6.07) is 0. The quantitative estimate of drug-likeness (QED) is 0.0197. The smallest absolute Gasteiger partial charge is 0.397 e. The van der Waals surface area contributed by atoms with Gasteiger partial charge in [-0.2, -0.15) is 8.42 Å². The van der Waals surface area contributed by atoms with Gasteiger partial charge < -0.3 is 34.3 Å². The highest BCUT2D eigenvalue weighted by molar-refractivity contribution is 7.80. The number of aliphatic hydroxyl groups excluding tert-OH is 3. The Morgan fingerprint density at radius 2 is 0.892 bits per heavy atom. The summed E-state index contributed by atoms with van der Waals surface area (Å²) in [5, 5.41) is 30.8. The molecular weight excluding hydrogens is 957 g/mol. The minimum absolute atomic E-state index is 0.0178. The number of carbonyl (C=O) groups is 1. The Balaban J connectivity index is 2.43. The molecule has 0 saturated carbocycles. The fourth-order valence-corrected chi connectivity index (χ4v) is 7.63. The first-order valence-corrected chi connectivity index (χ1v) is 28.6. The molecule has 13 heteroatoms. The molecule has 12 nitrogen and oxygen atoms in total. The number of hydrogen-bond donors (Lipinski definition) is 4. The average Bonchev–Trinajstić information content (AvgIpc) is 3.38. The molecule has 0 radical (unpaired) electrons. The van der Waals surface area contributed by atoms with Gasteiger partial charge in [0.05, 0.1) is 19.8 Å². The zero-order valence-electron chi connectivity index (χ0n) is 44.8. The highest BCUT2D eigenvalue weighted by Gasteiger charge is 2.48. The molecule has 0 aromatic rings. The Bertz CT molecular complexity index is 1880. The van der Waals surface area contributed by atoms with Crippen molar-refractivity contribution in [3.63, 3.8) is 0 Å². The number of allylic oxidation sites excluding steroid dienone is 26. The Hall–Kier alpha value is -4.28. The number of ether oxygens (including phenoxy) is 4. The van der Waals surface area contributed by atoms with Crippen LogP contribution in [0.15, 0.2) is 158 Å². The van der Waals surface area contributed by atoms with Gasteiger partial charge in [0.25, 0.3) is 0 Å². The van der Waals surface area contributed by atoms with Gasteiger partial charge >= 0.3 is 16.4 Å². The van der Waals surface area contributed by atoms with Crippen LogP contribution in [0.4, 0.5) is 0 Å². The molecule has 74 heavy (non-hydrogen) atoms. The second kappa shape index (κ2) is 49.6. The predicted molar refractivity (Wildman–Crippen MR) is 303 cm³/mol. The van der Waals surface area contributed by atoms with Gasteiger partial charge in [-0.3, -0.25) is 9.35 Å². The zero-order valence-corrected chi connectivity index (χ0v) is 45.6. The molecule has 1 rings (SSSR count). The van der Waals surface area contributed by atoms with Crippen LogP contribution in [0.2, 0.25) is 0 Å². The minimum atomic E-state index is -5.09. The normalized spacial score (nSPS) is 20.0. The molecular formula is C61H94O12S. The first-order chi connectivity index (χ1) is 36.1. The van der Waals surface area contributed by atoms with Gasteiger partial charge in [-0.15, -0.1) is 0 Å². The van der Waals surface area contributed by atoms with Gasteiger partial charge in [0, 0.05) is 13.0 Å². The third kappa shape index (κ3) is 42.0. The van der Waals surface area contributed by atoms with Crippen molar-refractivity contribution in [2.75, 3.05) is 26.4 Å². The van der Waals surface area contributed by atoms with Crippen LogP contribution in [0.1, 0.15) is 155 Å². The molecule has 6 unspecified atom stereocenters. The molecule has 1 heterocycles. The topological polar surface area (TPSA) is 178 Å². The summed E-state index contributed by atoms with van der Waals surface area (Å²) in [4.78, 5) is 12.9. The largest absolute Gasteiger partial charge is 0.457 e. The summed E-state index contributed by atoms with van der Waals surface area (Å²) < 4.78 is 59.3. The first-order valence-electron chi connectivity index (χ1n) is 27.2. The number of rotatable bonds is 45. The van der Waals surface area contributed by atoms with E-state index in [4.69, 9.17) is 18.9 Å². The van der Waals surface area contributed by atoms with Crippen LogP contribution in [-0.2, 0) is 38.3 Å². The maximum absolute atomic E-state index is 12.9. The van der Waals surface area contributed by atoms with Gasteiger partial charge in [-0.05, 0) is 122 Å². The zero-order chi connectivity index (χ0) is 53.8. The van der Waals surface area contributed by atoms with Crippen LogP contribution in [0.5, 0.6) is 0 Å². The van der Waals surface area contributed by atoms with E-state index in [-0.39, 0.29) is 19.6 Å². The van der Waals surface area contributed by atoms with Gasteiger partial charge in [0.15, 0.2) is 6.29 Å². The van der Waals surface area contributed by atoms with Crippen molar-refractivity contribution in [2.45, 2.75) is 192 Å². The maximum atomic E-state index is 12.9. The second-order valence-corrected chi connectivity index (χ2v) is 18.7. The summed E-state index contributed by atoms with van der Waals surface area (Å²) in [6.07, 6.45) is 67.0. The number of unbranched alkanes of at least 4 members (excludes halogenated alkanes) is 6. The van der Waals surface area contributed by atoms with Crippen LogP contribution in [0, 0.1) is 0 Å². The lowest BCUT2D eigenvalue weighted by Crippen LogP contribution is -2.60. The SMILES string of the molecule is CC/C=C\C/C=C\C/C=C\C/C=C\C/C=C\C/C=C\C/C=C\CCCCOCC(COC1OC(CO)C(O)C(OS(=O)(=O)O)C1O)OC(=O)CCCCCC/C=C\C/C=C\C/C=C\C/C=C\C/C=C\C/C=C\CC. The third-order valence-corrected chi connectivity index (χ3v) is 11.6. The van der Waals surface area contributed by atoms with E-state index < -0.39 is 59.8 Å². The van der Waals surface area contributed by atoms with E-state index in [1.165, 1.54) is 0 Å². The Morgan fingerprint density at radius 1 is 0.514 bits per heavy atom. The second-order valence-electron chi connectivity index (χ2n) is 17.7. The van der Waals surface area contributed by atoms with E-state index in [1.807, 2.05) is 0 Å². The molecule has 1 aliphatic rings. The lowest BCUT2D eigenvalue weighted by atomic mass is 9.99. The van der Waals surface area contributed by atoms with E-state index in [0.29, 0.717) is 13.0 Å². The van der Waals surface area contributed by atoms with Crippen LogP contribution in [-0.4, -0.2) is 97.5 Å². The molecule has 1 fully saturated rings. The van der Waals surface area contributed by atoms with Gasteiger partial charge in [0.2, 0.25) is 0 Å². The van der Waals surface area contributed by atoms with E-state index in [0.717, 1.165) is 128 Å². The molecule has 0 spiro atoms. The van der Waals surface area contributed by atoms with Crippen molar-refractivity contribution in [1.82, 2.24) is 0 Å². The van der Waals surface area contributed by atoms with E-state index in [1.54, 1.807) is 0 Å². The molecule has 0 aromatic heterocycles. The molecule has 1 saturated heterocycles. The fourth-order valence-electron chi connectivity index (χ4n) is 7.12. The molecule has 0 aromatic carbocycles. The fraction of sp³-hybridized carbons (Fsp3) is 0.557. The molecule has 1 aliphatic heterocycles. The van der Waals surface area contributed by atoms with Crippen LogP contribution >= 0.6 is 0 Å². The number of aliphatic hydroxyl groups is 3. The highest BCUT2D eigenvalue weighted by Crippen LogP contribution is 2.26. The minimum Gasteiger partial charge on any atom is -0.457 e. The van der Waals surface area contributed by atoms with E-state index >= 15 is 0 Å².